The number of nitrogens with zero attached hydrogens (tertiary/aromatic N) is 3. The molecule has 0 saturated carbocycles. The number of carbonyl (C=O) groups is 2. The van der Waals surface area contributed by atoms with Crippen molar-refractivity contribution >= 4 is 39.3 Å². The van der Waals surface area contributed by atoms with Gasteiger partial charge >= 0.3 is 0 Å². The summed E-state index contributed by atoms with van der Waals surface area (Å²) < 4.78 is 2.31. The van der Waals surface area contributed by atoms with Crippen LogP contribution in [0.25, 0.3) is 21.8 Å². The van der Waals surface area contributed by atoms with E-state index in [2.05, 4.69) is 54.2 Å². The summed E-state index contributed by atoms with van der Waals surface area (Å²) in [5, 5.41) is 5.72. The van der Waals surface area contributed by atoms with Crippen LogP contribution < -0.4 is 5.32 Å². The molecule has 2 aliphatic heterocycles. The number of rotatable bonds is 4. The molecule has 0 saturated heterocycles. The molecule has 0 radical (unpaired) electrons. The lowest BCUT2D eigenvalue weighted by Gasteiger charge is -2.20. The number of benzene rings is 2. The van der Waals surface area contributed by atoms with Crippen LogP contribution in [0, 0.1) is 5.92 Å². The van der Waals surface area contributed by atoms with Crippen molar-refractivity contribution in [3.63, 3.8) is 0 Å². The molecule has 6 rings (SSSR count). The zero-order valence-corrected chi connectivity index (χ0v) is 20.2. The molecule has 35 heavy (non-hydrogen) atoms. The molecule has 176 valence electrons. The van der Waals surface area contributed by atoms with E-state index in [-0.39, 0.29) is 24.3 Å². The first-order chi connectivity index (χ1) is 16.9. The number of imide groups is 1. The lowest BCUT2D eigenvalue weighted by Crippen LogP contribution is -2.33. The Hall–Kier alpha value is -3.93. The van der Waals surface area contributed by atoms with Crippen LogP contribution in [0.2, 0.25) is 0 Å². The maximum Gasteiger partial charge on any atom is 0.259 e. The minimum Gasteiger partial charge on any atom is -0.356 e. The highest BCUT2D eigenvalue weighted by Gasteiger charge is 2.42. The van der Waals surface area contributed by atoms with Crippen LogP contribution in [0.15, 0.2) is 72.2 Å². The van der Waals surface area contributed by atoms with E-state index in [9.17, 15) is 9.59 Å². The fourth-order valence-corrected chi connectivity index (χ4v) is 5.54. The molecule has 0 spiro atoms. The number of nitrogens with one attached hydrogen (secondary N) is 1. The molecule has 1 N–H and O–H groups in total. The summed E-state index contributed by atoms with van der Waals surface area (Å²) in [6.45, 7) is 7.08. The second-order valence-corrected chi connectivity index (χ2v) is 9.94. The summed E-state index contributed by atoms with van der Waals surface area (Å²) >= 11 is 0. The van der Waals surface area contributed by atoms with Gasteiger partial charge in [-0.2, -0.15) is 0 Å². The van der Waals surface area contributed by atoms with Crippen molar-refractivity contribution < 1.29 is 9.59 Å². The van der Waals surface area contributed by atoms with E-state index in [1.807, 2.05) is 24.3 Å². The van der Waals surface area contributed by atoms with Gasteiger partial charge in [0.05, 0.1) is 23.2 Å². The number of hydrogen-bond acceptors (Lipinski definition) is 4. The van der Waals surface area contributed by atoms with E-state index in [1.165, 1.54) is 11.8 Å². The average Bonchev–Trinajstić information content (AvgIpc) is 3.33. The third-order valence-corrected chi connectivity index (χ3v) is 7.24. The fraction of sp³-hybridized carbons (Fsp3) is 0.276. The molecule has 2 amide bonds. The van der Waals surface area contributed by atoms with Gasteiger partial charge in [0.2, 0.25) is 5.91 Å². The molecular formula is C29H28N4O2. The molecule has 6 nitrogen and oxygen atoms in total. The van der Waals surface area contributed by atoms with Gasteiger partial charge in [0.1, 0.15) is 0 Å². The van der Waals surface area contributed by atoms with Gasteiger partial charge in [-0.05, 0) is 41.7 Å². The molecule has 2 aromatic carbocycles. The lowest BCUT2D eigenvalue weighted by atomic mass is 9.83. The zero-order chi connectivity index (χ0) is 24.3. The van der Waals surface area contributed by atoms with Crippen LogP contribution in [-0.4, -0.2) is 32.8 Å². The maximum atomic E-state index is 13.7. The van der Waals surface area contributed by atoms with E-state index in [4.69, 9.17) is 4.98 Å². The van der Waals surface area contributed by atoms with Gasteiger partial charge in [-0.25, -0.2) is 0 Å². The highest BCUT2D eigenvalue weighted by Crippen LogP contribution is 2.47. The SMILES string of the molecule is CC(=O)N1CC2=C(C1=O)C(c1cccc3cccnc13)c1cn(CCC(C)C)c3cccc(c13)N2. The number of anilines is 1. The Morgan fingerprint density at radius 1 is 1.11 bits per heavy atom. The number of amides is 2. The van der Waals surface area contributed by atoms with Crippen LogP contribution in [0.5, 0.6) is 0 Å². The topological polar surface area (TPSA) is 67.2 Å². The van der Waals surface area contributed by atoms with Crippen molar-refractivity contribution in [1.29, 1.82) is 0 Å². The number of pyridine rings is 1. The third-order valence-electron chi connectivity index (χ3n) is 7.24. The Balaban J connectivity index is 1.65. The number of para-hydroxylation sites is 1. The van der Waals surface area contributed by atoms with Crippen LogP contribution in [0.3, 0.4) is 0 Å². The summed E-state index contributed by atoms with van der Waals surface area (Å²) in [5.74, 6) is -0.223. The van der Waals surface area contributed by atoms with Gasteiger partial charge in [-0.15, -0.1) is 0 Å². The summed E-state index contributed by atoms with van der Waals surface area (Å²) in [5.41, 5.74) is 6.49. The summed E-state index contributed by atoms with van der Waals surface area (Å²) in [6.07, 6.45) is 5.07. The van der Waals surface area contributed by atoms with Crippen molar-refractivity contribution in [1.82, 2.24) is 14.5 Å². The molecule has 4 heterocycles. The second-order valence-electron chi connectivity index (χ2n) is 9.94. The minimum absolute atomic E-state index is 0.228. The van der Waals surface area contributed by atoms with E-state index < -0.39 is 0 Å². The molecule has 0 fully saturated rings. The first kappa shape index (κ1) is 21.6. The predicted octanol–water partition coefficient (Wildman–Crippen LogP) is 5.44. The quantitative estimate of drug-likeness (QED) is 0.437. The highest BCUT2D eigenvalue weighted by atomic mass is 16.2. The monoisotopic (exact) mass is 464 g/mol. The average molecular weight is 465 g/mol. The first-order valence-electron chi connectivity index (χ1n) is 12.2. The number of aromatic nitrogens is 2. The Labute approximate surface area is 204 Å². The Kier molecular flexibility index (Phi) is 4.99. The van der Waals surface area contributed by atoms with Crippen molar-refractivity contribution in [3.8, 4) is 0 Å². The van der Waals surface area contributed by atoms with Crippen LogP contribution in [-0.2, 0) is 16.1 Å². The van der Waals surface area contributed by atoms with Gasteiger partial charge in [0, 0.05) is 53.9 Å². The normalized spacial score (nSPS) is 17.3. The zero-order valence-electron chi connectivity index (χ0n) is 20.2. The largest absolute Gasteiger partial charge is 0.356 e. The number of aryl methyl sites for hydroxylation is 1. The van der Waals surface area contributed by atoms with E-state index in [1.54, 1.807) is 6.20 Å². The molecular weight excluding hydrogens is 436 g/mol. The molecule has 1 unspecified atom stereocenters. The number of hydrogen-bond donors (Lipinski definition) is 1. The Bertz CT molecular complexity index is 1540. The molecule has 0 aliphatic carbocycles. The number of fused-ring (bicyclic) bond motifs is 1. The number of carbonyl (C=O) groups excluding carboxylic acids is 2. The minimum atomic E-state index is -0.334. The second kappa shape index (κ2) is 8.08. The van der Waals surface area contributed by atoms with Crippen molar-refractivity contribution in [2.45, 2.75) is 39.7 Å². The Morgan fingerprint density at radius 2 is 1.91 bits per heavy atom. The predicted molar refractivity (Wildman–Crippen MR) is 138 cm³/mol. The summed E-state index contributed by atoms with van der Waals surface area (Å²) in [7, 11) is 0. The smallest absolute Gasteiger partial charge is 0.259 e. The first-order valence-corrected chi connectivity index (χ1v) is 12.2. The van der Waals surface area contributed by atoms with Gasteiger partial charge < -0.3 is 9.88 Å². The maximum absolute atomic E-state index is 13.7. The van der Waals surface area contributed by atoms with Crippen molar-refractivity contribution in [2.75, 3.05) is 11.9 Å². The molecule has 2 aliphatic rings. The molecule has 1 atom stereocenters. The fourth-order valence-electron chi connectivity index (χ4n) is 5.54. The van der Waals surface area contributed by atoms with Gasteiger partial charge in [-0.3, -0.25) is 19.5 Å². The van der Waals surface area contributed by atoms with E-state index >= 15 is 0 Å². The van der Waals surface area contributed by atoms with Gasteiger partial charge in [0.15, 0.2) is 0 Å². The van der Waals surface area contributed by atoms with Gasteiger partial charge in [0.25, 0.3) is 5.91 Å². The Morgan fingerprint density at radius 3 is 2.71 bits per heavy atom. The van der Waals surface area contributed by atoms with Crippen LogP contribution in [0.4, 0.5) is 5.69 Å². The van der Waals surface area contributed by atoms with Crippen molar-refractivity contribution in [3.05, 3.63) is 83.3 Å². The lowest BCUT2D eigenvalue weighted by molar-refractivity contribution is -0.139. The molecule has 2 aromatic heterocycles. The van der Waals surface area contributed by atoms with E-state index in [0.717, 1.165) is 57.3 Å². The molecule has 4 aromatic rings. The van der Waals surface area contributed by atoms with E-state index in [0.29, 0.717) is 11.5 Å². The third kappa shape index (κ3) is 3.35. The van der Waals surface area contributed by atoms with Crippen LogP contribution in [0.1, 0.15) is 44.2 Å². The summed E-state index contributed by atoms with van der Waals surface area (Å²) in [4.78, 5) is 32.2. The summed E-state index contributed by atoms with van der Waals surface area (Å²) in [6, 6.07) is 16.4. The standard InChI is InChI=1S/C29H28N4O2/c1-17(2)12-14-32-15-21-25(20-9-4-7-19-8-6-13-30-28(19)20)27-23(16-33(18(3)34)29(27)35)31-22-10-5-11-24(32)26(21)22/h4-11,13,15,17,25,31H,12,14,16H2,1-3H3. The van der Waals surface area contributed by atoms with Crippen LogP contribution >= 0.6 is 0 Å². The van der Waals surface area contributed by atoms with Gasteiger partial charge in [-0.1, -0.05) is 44.2 Å². The molecule has 0 bridgehead atoms. The van der Waals surface area contributed by atoms with Crippen molar-refractivity contribution in [2.24, 2.45) is 5.92 Å². The molecule has 6 heteroatoms. The highest BCUT2D eigenvalue weighted by molar-refractivity contribution is 6.11.